The third-order valence-corrected chi connectivity index (χ3v) is 5.59. The first-order valence-corrected chi connectivity index (χ1v) is 9.65. The summed E-state index contributed by atoms with van der Waals surface area (Å²) in [5, 5.41) is 10.4. The molecule has 0 radical (unpaired) electrons. The lowest BCUT2D eigenvalue weighted by Gasteiger charge is -2.39. The highest BCUT2D eigenvalue weighted by molar-refractivity contribution is 5.83. The number of amides is 1. The summed E-state index contributed by atoms with van der Waals surface area (Å²) in [6.07, 6.45) is 5.25. The Morgan fingerprint density at radius 3 is 2.75 bits per heavy atom. The number of nitrogens with one attached hydrogen (secondary N) is 2. The zero-order valence-electron chi connectivity index (χ0n) is 17.1. The van der Waals surface area contributed by atoms with E-state index >= 15 is 0 Å². The third kappa shape index (κ3) is 4.20. The standard InChI is InChI=1S/C21H30N4O3/c1-15-5-6-18(27-4)17(11-15)21(7-9-28-10-8-21)14-23-20(26)19(22-2)16-12-24-25(3)13-16/h5-6,11-13,19,22H,7-10,14H2,1-4H3,(H,23,26). The SMILES string of the molecule is CNC(C(=O)NCC1(c2cc(C)ccc2OC)CCOCC1)c1cnn(C)c1. The first-order valence-electron chi connectivity index (χ1n) is 9.65. The predicted molar refractivity (Wildman–Crippen MR) is 107 cm³/mol. The van der Waals surface area contributed by atoms with Gasteiger partial charge in [-0.15, -0.1) is 0 Å². The fourth-order valence-electron chi connectivity index (χ4n) is 3.94. The van der Waals surface area contributed by atoms with Gasteiger partial charge >= 0.3 is 0 Å². The average Bonchev–Trinajstić information content (AvgIpc) is 3.13. The van der Waals surface area contributed by atoms with Crippen molar-refractivity contribution in [2.45, 2.75) is 31.2 Å². The van der Waals surface area contributed by atoms with E-state index in [1.54, 1.807) is 25.0 Å². The molecule has 0 aliphatic carbocycles. The smallest absolute Gasteiger partial charge is 0.241 e. The highest BCUT2D eigenvalue weighted by atomic mass is 16.5. The van der Waals surface area contributed by atoms with Crippen molar-refractivity contribution < 1.29 is 14.3 Å². The summed E-state index contributed by atoms with van der Waals surface area (Å²) in [4.78, 5) is 12.9. The lowest BCUT2D eigenvalue weighted by atomic mass is 9.73. The minimum atomic E-state index is -0.440. The molecule has 1 aromatic carbocycles. The lowest BCUT2D eigenvalue weighted by Crippen LogP contribution is -2.47. The first kappa shape index (κ1) is 20.4. The maximum atomic E-state index is 12.9. The molecule has 7 heteroatoms. The number of likely N-dealkylation sites (N-methyl/N-ethyl adjacent to an activating group) is 1. The van der Waals surface area contributed by atoms with Gasteiger partial charge in [0.2, 0.25) is 5.91 Å². The maximum absolute atomic E-state index is 12.9. The molecule has 7 nitrogen and oxygen atoms in total. The van der Waals surface area contributed by atoms with E-state index in [4.69, 9.17) is 9.47 Å². The number of carbonyl (C=O) groups is 1. The fraction of sp³-hybridized carbons (Fsp3) is 0.524. The van der Waals surface area contributed by atoms with Gasteiger partial charge < -0.3 is 20.1 Å². The molecule has 3 rings (SSSR count). The van der Waals surface area contributed by atoms with Crippen LogP contribution in [0.2, 0.25) is 0 Å². The van der Waals surface area contributed by atoms with E-state index in [-0.39, 0.29) is 11.3 Å². The Bertz CT molecular complexity index is 812. The number of carbonyl (C=O) groups excluding carboxylic acids is 1. The molecule has 1 aliphatic heterocycles. The van der Waals surface area contributed by atoms with E-state index in [0.717, 1.165) is 29.7 Å². The number of hydrogen-bond acceptors (Lipinski definition) is 5. The van der Waals surface area contributed by atoms with Crippen LogP contribution in [0.1, 0.15) is 35.6 Å². The van der Waals surface area contributed by atoms with Crippen molar-refractivity contribution in [1.29, 1.82) is 0 Å². The Morgan fingerprint density at radius 1 is 1.39 bits per heavy atom. The molecule has 152 valence electrons. The molecular formula is C21H30N4O3. The van der Waals surface area contributed by atoms with Gasteiger partial charge in [-0.25, -0.2) is 0 Å². The number of aromatic nitrogens is 2. The number of hydrogen-bond donors (Lipinski definition) is 2. The Balaban J connectivity index is 1.83. The van der Waals surface area contributed by atoms with Crippen molar-refractivity contribution in [3.8, 4) is 5.75 Å². The molecule has 0 spiro atoms. The van der Waals surface area contributed by atoms with Crippen LogP contribution in [-0.4, -0.2) is 49.6 Å². The third-order valence-electron chi connectivity index (χ3n) is 5.59. The van der Waals surface area contributed by atoms with E-state index in [2.05, 4.69) is 28.7 Å². The normalized spacial score (nSPS) is 17.1. The zero-order chi connectivity index (χ0) is 20.1. The molecule has 1 amide bonds. The Kier molecular flexibility index (Phi) is 6.36. The summed E-state index contributed by atoms with van der Waals surface area (Å²) in [7, 11) is 5.32. The van der Waals surface area contributed by atoms with Gasteiger partial charge in [0.25, 0.3) is 0 Å². The highest BCUT2D eigenvalue weighted by Gasteiger charge is 2.38. The topological polar surface area (TPSA) is 77.4 Å². The van der Waals surface area contributed by atoms with E-state index < -0.39 is 6.04 Å². The van der Waals surface area contributed by atoms with E-state index in [0.29, 0.717) is 19.8 Å². The van der Waals surface area contributed by atoms with Gasteiger partial charge in [-0.1, -0.05) is 17.7 Å². The molecule has 1 aromatic heterocycles. The van der Waals surface area contributed by atoms with Gasteiger partial charge in [-0.05, 0) is 32.9 Å². The molecule has 2 N–H and O–H groups in total. The van der Waals surface area contributed by atoms with Crippen molar-refractivity contribution in [3.63, 3.8) is 0 Å². The van der Waals surface area contributed by atoms with Crippen molar-refractivity contribution in [2.24, 2.45) is 7.05 Å². The summed E-state index contributed by atoms with van der Waals surface area (Å²) < 4.78 is 13.0. The fourth-order valence-corrected chi connectivity index (χ4v) is 3.94. The van der Waals surface area contributed by atoms with Gasteiger partial charge in [-0.2, -0.15) is 5.10 Å². The van der Waals surface area contributed by atoms with Gasteiger partial charge in [0, 0.05) is 49.5 Å². The highest BCUT2D eigenvalue weighted by Crippen LogP contribution is 2.40. The number of aryl methyl sites for hydroxylation is 2. The first-order chi connectivity index (χ1) is 13.5. The Hall–Kier alpha value is -2.38. The Morgan fingerprint density at radius 2 is 2.14 bits per heavy atom. The molecular weight excluding hydrogens is 356 g/mol. The van der Waals surface area contributed by atoms with Gasteiger partial charge in [0.15, 0.2) is 0 Å². The summed E-state index contributed by atoms with van der Waals surface area (Å²) in [5.74, 6) is 0.798. The van der Waals surface area contributed by atoms with Crippen LogP contribution in [0.5, 0.6) is 5.75 Å². The van der Waals surface area contributed by atoms with Gasteiger partial charge in [0.05, 0.1) is 13.3 Å². The van der Waals surface area contributed by atoms with Crippen molar-refractivity contribution in [2.75, 3.05) is 33.9 Å². The largest absolute Gasteiger partial charge is 0.496 e. The van der Waals surface area contributed by atoms with Crippen LogP contribution in [0.3, 0.4) is 0 Å². The second-order valence-electron chi connectivity index (χ2n) is 7.48. The molecule has 1 unspecified atom stereocenters. The van der Waals surface area contributed by atoms with Crippen LogP contribution < -0.4 is 15.4 Å². The van der Waals surface area contributed by atoms with Crippen molar-refractivity contribution in [1.82, 2.24) is 20.4 Å². The van der Waals surface area contributed by atoms with Crippen LogP contribution in [0.25, 0.3) is 0 Å². The van der Waals surface area contributed by atoms with Gasteiger partial charge in [-0.3, -0.25) is 9.48 Å². The molecule has 0 saturated carbocycles. The van der Waals surface area contributed by atoms with E-state index in [1.807, 2.05) is 25.4 Å². The number of ether oxygens (including phenoxy) is 2. The average molecular weight is 386 g/mol. The van der Waals surface area contributed by atoms with Crippen LogP contribution in [-0.2, 0) is 22.0 Å². The van der Waals surface area contributed by atoms with Crippen molar-refractivity contribution >= 4 is 5.91 Å². The number of methoxy groups -OCH3 is 1. The Labute approximate surface area is 166 Å². The molecule has 28 heavy (non-hydrogen) atoms. The molecule has 0 bridgehead atoms. The van der Waals surface area contributed by atoms with Crippen LogP contribution in [0.4, 0.5) is 0 Å². The molecule has 2 aromatic rings. The quantitative estimate of drug-likeness (QED) is 0.760. The molecule has 1 fully saturated rings. The number of rotatable bonds is 7. The second-order valence-corrected chi connectivity index (χ2v) is 7.48. The summed E-state index contributed by atoms with van der Waals surface area (Å²) in [6.45, 7) is 3.96. The molecule has 1 atom stereocenters. The minimum Gasteiger partial charge on any atom is -0.496 e. The predicted octanol–water partition coefficient (Wildman–Crippen LogP) is 1.86. The molecule has 2 heterocycles. The van der Waals surface area contributed by atoms with Crippen LogP contribution >= 0.6 is 0 Å². The summed E-state index contributed by atoms with van der Waals surface area (Å²) in [5.41, 5.74) is 2.95. The van der Waals surface area contributed by atoms with Crippen LogP contribution in [0, 0.1) is 6.92 Å². The van der Waals surface area contributed by atoms with E-state index in [1.165, 1.54) is 5.56 Å². The van der Waals surface area contributed by atoms with Gasteiger partial charge in [0.1, 0.15) is 11.8 Å². The maximum Gasteiger partial charge on any atom is 0.241 e. The molecule has 1 saturated heterocycles. The lowest BCUT2D eigenvalue weighted by molar-refractivity contribution is -0.123. The minimum absolute atomic E-state index is 0.0620. The number of nitrogens with zero attached hydrogens (tertiary/aromatic N) is 2. The molecule has 1 aliphatic rings. The van der Waals surface area contributed by atoms with Crippen molar-refractivity contribution in [3.05, 3.63) is 47.3 Å². The summed E-state index contributed by atoms with van der Waals surface area (Å²) >= 11 is 0. The number of benzene rings is 1. The second kappa shape index (κ2) is 8.75. The summed E-state index contributed by atoms with van der Waals surface area (Å²) in [6, 6.07) is 5.79. The van der Waals surface area contributed by atoms with Crippen LogP contribution in [0.15, 0.2) is 30.6 Å². The zero-order valence-corrected chi connectivity index (χ0v) is 17.1. The van der Waals surface area contributed by atoms with E-state index in [9.17, 15) is 4.79 Å². The monoisotopic (exact) mass is 386 g/mol.